The molecule has 1 heterocycles. The van der Waals surface area contributed by atoms with Crippen LogP contribution in [0.25, 0.3) is 5.69 Å². The second-order valence-electron chi connectivity index (χ2n) is 4.29. The fraction of sp³-hybridized carbons (Fsp3) is 0.333. The molecule has 0 unspecified atom stereocenters. The molecule has 1 saturated carbocycles. The van der Waals surface area contributed by atoms with Crippen molar-refractivity contribution in [1.82, 2.24) is 15.0 Å². The highest BCUT2D eigenvalue weighted by molar-refractivity contribution is 6.30. The van der Waals surface area contributed by atoms with E-state index in [1.54, 1.807) is 0 Å². The van der Waals surface area contributed by atoms with Gasteiger partial charge in [0, 0.05) is 10.9 Å². The fourth-order valence-electron chi connectivity index (χ4n) is 1.84. The zero-order valence-corrected chi connectivity index (χ0v) is 9.78. The van der Waals surface area contributed by atoms with Crippen molar-refractivity contribution >= 4 is 11.6 Å². The number of hydrogen-bond acceptors (Lipinski definition) is 2. The van der Waals surface area contributed by atoms with E-state index in [1.807, 2.05) is 36.0 Å². The van der Waals surface area contributed by atoms with Crippen molar-refractivity contribution in [3.8, 4) is 5.69 Å². The minimum atomic E-state index is 0.640. The summed E-state index contributed by atoms with van der Waals surface area (Å²) >= 11 is 5.92. The number of benzene rings is 1. The van der Waals surface area contributed by atoms with Gasteiger partial charge in [-0.15, -0.1) is 5.10 Å². The molecule has 4 heteroatoms. The molecule has 0 bridgehead atoms. The van der Waals surface area contributed by atoms with Gasteiger partial charge in [0.25, 0.3) is 0 Å². The van der Waals surface area contributed by atoms with Crippen LogP contribution in [0.15, 0.2) is 24.4 Å². The summed E-state index contributed by atoms with van der Waals surface area (Å²) in [5.74, 6) is 0.640. The smallest absolute Gasteiger partial charge is 0.0862 e. The lowest BCUT2D eigenvalue weighted by Crippen LogP contribution is -1.97. The van der Waals surface area contributed by atoms with Gasteiger partial charge in [0.2, 0.25) is 0 Å². The van der Waals surface area contributed by atoms with Gasteiger partial charge in [-0.25, -0.2) is 4.68 Å². The van der Waals surface area contributed by atoms with Crippen LogP contribution in [0.3, 0.4) is 0 Å². The third-order valence-corrected chi connectivity index (χ3v) is 3.15. The lowest BCUT2D eigenvalue weighted by atomic mass is 10.2. The van der Waals surface area contributed by atoms with Crippen LogP contribution in [-0.4, -0.2) is 15.0 Å². The molecule has 0 amide bonds. The van der Waals surface area contributed by atoms with E-state index in [-0.39, 0.29) is 0 Å². The first kappa shape index (κ1) is 9.85. The van der Waals surface area contributed by atoms with E-state index in [4.69, 9.17) is 11.6 Å². The highest BCUT2D eigenvalue weighted by atomic mass is 35.5. The fourth-order valence-corrected chi connectivity index (χ4v) is 2.06. The molecule has 3 rings (SSSR count). The van der Waals surface area contributed by atoms with E-state index in [9.17, 15) is 0 Å². The monoisotopic (exact) mass is 233 g/mol. The normalized spacial score (nSPS) is 15.4. The predicted molar refractivity (Wildman–Crippen MR) is 63.1 cm³/mol. The number of halogens is 1. The summed E-state index contributed by atoms with van der Waals surface area (Å²) in [7, 11) is 0. The standard InChI is InChI=1S/C12H12ClN3/c1-8-6-10(13)4-5-12(8)16-7-11(14-15-16)9-2-3-9/h4-7,9H,2-3H2,1H3. The van der Waals surface area contributed by atoms with Gasteiger partial charge < -0.3 is 0 Å². The third kappa shape index (κ3) is 1.71. The Morgan fingerprint density at radius 2 is 2.19 bits per heavy atom. The summed E-state index contributed by atoms with van der Waals surface area (Å²) in [5, 5.41) is 9.11. The van der Waals surface area contributed by atoms with Gasteiger partial charge in [-0.3, -0.25) is 0 Å². The van der Waals surface area contributed by atoms with E-state index in [0.29, 0.717) is 5.92 Å². The Balaban J connectivity index is 2.00. The number of aryl methyl sites for hydroxylation is 1. The Morgan fingerprint density at radius 1 is 1.38 bits per heavy atom. The summed E-state index contributed by atoms with van der Waals surface area (Å²) in [5.41, 5.74) is 3.26. The maximum absolute atomic E-state index is 5.92. The number of aromatic nitrogens is 3. The van der Waals surface area contributed by atoms with Gasteiger partial charge in [0.15, 0.2) is 0 Å². The van der Waals surface area contributed by atoms with Crippen LogP contribution in [0.2, 0.25) is 5.02 Å². The van der Waals surface area contributed by atoms with Crippen molar-refractivity contribution in [3.63, 3.8) is 0 Å². The first-order chi connectivity index (χ1) is 7.74. The molecule has 1 aromatic carbocycles. The van der Waals surface area contributed by atoms with E-state index in [2.05, 4.69) is 10.3 Å². The van der Waals surface area contributed by atoms with E-state index < -0.39 is 0 Å². The quantitative estimate of drug-likeness (QED) is 0.798. The zero-order valence-electron chi connectivity index (χ0n) is 9.02. The molecule has 82 valence electrons. The van der Waals surface area contributed by atoms with Crippen molar-refractivity contribution in [3.05, 3.63) is 40.7 Å². The molecule has 0 spiro atoms. The predicted octanol–water partition coefficient (Wildman–Crippen LogP) is 3.11. The maximum atomic E-state index is 5.92. The third-order valence-electron chi connectivity index (χ3n) is 2.91. The molecule has 1 aromatic heterocycles. The molecule has 1 fully saturated rings. The summed E-state index contributed by atoms with van der Waals surface area (Å²) in [4.78, 5) is 0. The van der Waals surface area contributed by atoms with Crippen molar-refractivity contribution in [1.29, 1.82) is 0 Å². The molecule has 0 aliphatic heterocycles. The molecule has 0 radical (unpaired) electrons. The molecule has 3 nitrogen and oxygen atoms in total. The lowest BCUT2D eigenvalue weighted by Gasteiger charge is -2.04. The minimum Gasteiger partial charge on any atom is -0.220 e. The molecular formula is C12H12ClN3. The summed E-state index contributed by atoms with van der Waals surface area (Å²) in [6, 6.07) is 5.79. The number of nitrogens with zero attached hydrogens (tertiary/aromatic N) is 3. The molecule has 1 aliphatic carbocycles. The van der Waals surface area contributed by atoms with Gasteiger partial charge in [-0.05, 0) is 43.5 Å². The van der Waals surface area contributed by atoms with Crippen LogP contribution in [0.4, 0.5) is 0 Å². The topological polar surface area (TPSA) is 30.7 Å². The summed E-state index contributed by atoms with van der Waals surface area (Å²) in [6.07, 6.45) is 4.52. The second kappa shape index (κ2) is 3.59. The van der Waals surface area contributed by atoms with Gasteiger partial charge in [0.1, 0.15) is 0 Å². The first-order valence-corrected chi connectivity index (χ1v) is 5.80. The summed E-state index contributed by atoms with van der Waals surface area (Å²) in [6.45, 7) is 2.03. The molecule has 0 saturated heterocycles. The van der Waals surface area contributed by atoms with Crippen molar-refractivity contribution in [2.24, 2.45) is 0 Å². The summed E-state index contributed by atoms with van der Waals surface area (Å²) < 4.78 is 1.83. The van der Waals surface area contributed by atoms with Crippen LogP contribution in [-0.2, 0) is 0 Å². The molecule has 16 heavy (non-hydrogen) atoms. The number of rotatable bonds is 2. The van der Waals surface area contributed by atoms with Crippen LogP contribution in [0, 0.1) is 6.92 Å². The SMILES string of the molecule is Cc1cc(Cl)ccc1-n1cc(C2CC2)nn1. The van der Waals surface area contributed by atoms with Crippen LogP contribution in [0.5, 0.6) is 0 Å². The van der Waals surface area contributed by atoms with Crippen molar-refractivity contribution < 1.29 is 0 Å². The van der Waals surface area contributed by atoms with Gasteiger partial charge in [0.05, 0.1) is 17.6 Å². The Kier molecular flexibility index (Phi) is 2.21. The maximum Gasteiger partial charge on any atom is 0.0862 e. The lowest BCUT2D eigenvalue weighted by molar-refractivity contribution is 0.793. The van der Waals surface area contributed by atoms with Crippen LogP contribution < -0.4 is 0 Å². The Hall–Kier alpha value is -1.35. The molecule has 1 aliphatic rings. The first-order valence-electron chi connectivity index (χ1n) is 5.43. The van der Waals surface area contributed by atoms with Gasteiger partial charge in [-0.2, -0.15) is 0 Å². The van der Waals surface area contributed by atoms with Gasteiger partial charge >= 0.3 is 0 Å². The Morgan fingerprint density at radius 3 is 2.88 bits per heavy atom. The van der Waals surface area contributed by atoms with E-state index >= 15 is 0 Å². The van der Waals surface area contributed by atoms with Crippen molar-refractivity contribution in [2.75, 3.05) is 0 Å². The highest BCUT2D eigenvalue weighted by Crippen LogP contribution is 2.38. The largest absolute Gasteiger partial charge is 0.220 e. The highest BCUT2D eigenvalue weighted by Gasteiger charge is 2.26. The van der Waals surface area contributed by atoms with Crippen LogP contribution >= 0.6 is 11.6 Å². The second-order valence-corrected chi connectivity index (χ2v) is 4.73. The average Bonchev–Trinajstić information content (AvgIpc) is 2.98. The van der Waals surface area contributed by atoms with Crippen LogP contribution in [0.1, 0.15) is 30.0 Å². The number of hydrogen-bond donors (Lipinski definition) is 0. The van der Waals surface area contributed by atoms with Crippen molar-refractivity contribution in [2.45, 2.75) is 25.7 Å². The zero-order chi connectivity index (χ0) is 11.1. The molecule has 2 aromatic rings. The minimum absolute atomic E-state index is 0.640. The van der Waals surface area contributed by atoms with Gasteiger partial charge in [-0.1, -0.05) is 16.8 Å². The van der Waals surface area contributed by atoms with E-state index in [1.165, 1.54) is 12.8 Å². The van der Waals surface area contributed by atoms with E-state index in [0.717, 1.165) is 22.0 Å². The Bertz CT molecular complexity index is 529. The Labute approximate surface area is 99.0 Å². The average molecular weight is 234 g/mol. The molecule has 0 atom stereocenters. The molecule has 0 N–H and O–H groups in total. The molecular weight excluding hydrogens is 222 g/mol.